The van der Waals surface area contributed by atoms with E-state index in [0.717, 1.165) is 0 Å². The molecule has 0 spiro atoms. The summed E-state index contributed by atoms with van der Waals surface area (Å²) in [4.78, 5) is 11.0. The molecule has 1 atom stereocenters. The third kappa shape index (κ3) is 5.83. The smallest absolute Gasteiger partial charge is 0.302 e. The molecule has 0 aromatic carbocycles. The van der Waals surface area contributed by atoms with Gasteiger partial charge in [-0.3, -0.25) is 4.79 Å². The van der Waals surface area contributed by atoms with Gasteiger partial charge in [-0.25, -0.2) is 0 Å². The van der Waals surface area contributed by atoms with Crippen molar-refractivity contribution >= 4 is 14.0 Å². The second kappa shape index (κ2) is 5.02. The number of carbonyl (C=O) groups excluding carboxylic acids is 1. The minimum Gasteiger partial charge on any atom is -0.462 e. The van der Waals surface area contributed by atoms with Gasteiger partial charge in [0.25, 0.3) is 8.05 Å². The van der Waals surface area contributed by atoms with Crippen molar-refractivity contribution in [1.29, 1.82) is 0 Å². The largest absolute Gasteiger partial charge is 0.462 e. The van der Waals surface area contributed by atoms with Crippen LogP contribution in [0, 0.1) is 5.41 Å². The third-order valence-corrected chi connectivity index (χ3v) is 2.27. The van der Waals surface area contributed by atoms with E-state index in [-0.39, 0.29) is 17.5 Å². The number of rotatable bonds is 4. The van der Waals surface area contributed by atoms with Crippen molar-refractivity contribution < 1.29 is 14.2 Å². The molecular weight excluding hydrogens is 191 g/mol. The molecule has 86 valence electrons. The lowest BCUT2D eigenvalue weighted by molar-refractivity contribution is -0.155. The molecule has 0 aliphatic carbocycles. The molecule has 0 amide bonds. The molecule has 0 aromatic rings. The molecule has 3 nitrogen and oxygen atoms in total. The quantitative estimate of drug-likeness (QED) is 0.529. The summed E-state index contributed by atoms with van der Waals surface area (Å²) in [5.74, 6) is -0.275. The van der Waals surface area contributed by atoms with Crippen LogP contribution < -0.4 is 0 Å². The summed E-state index contributed by atoms with van der Waals surface area (Å²) >= 11 is 0. The van der Waals surface area contributed by atoms with Crippen LogP contribution in [0.4, 0.5) is 0 Å². The fraction of sp³-hybridized carbons (Fsp3) is 0.909. The minimum absolute atomic E-state index is 0.124. The van der Waals surface area contributed by atoms with E-state index in [1.807, 2.05) is 34.6 Å². The summed E-state index contributed by atoms with van der Waals surface area (Å²) in [5.41, 5.74) is -0.616. The van der Waals surface area contributed by atoms with E-state index >= 15 is 0 Å². The zero-order valence-corrected chi connectivity index (χ0v) is 10.6. The maximum Gasteiger partial charge on any atom is 0.302 e. The van der Waals surface area contributed by atoms with Gasteiger partial charge in [0.2, 0.25) is 0 Å². The van der Waals surface area contributed by atoms with Crippen LogP contribution in [0.2, 0.25) is 0 Å². The molecule has 0 N–H and O–H groups in total. The highest BCUT2D eigenvalue weighted by Crippen LogP contribution is 2.30. The van der Waals surface area contributed by atoms with Gasteiger partial charge in [0.15, 0.2) is 0 Å². The molecule has 0 bridgehead atoms. The molecule has 0 saturated carbocycles. The molecule has 0 rings (SSSR count). The summed E-state index contributed by atoms with van der Waals surface area (Å²) in [7, 11) is 5.19. The normalized spacial score (nSPS) is 14.8. The lowest BCUT2D eigenvalue weighted by Crippen LogP contribution is -2.39. The molecular formula is C11H21BO3. The predicted octanol–water partition coefficient (Wildman–Crippen LogP) is 2.23. The average molecular weight is 212 g/mol. The standard InChI is InChI=1S/C11H21BO3/c1-8(13)14-9(10(2,3)4)7-11(5,6)15-12/h9H,7H2,1-6H3. The first-order valence-electron chi connectivity index (χ1n) is 5.13. The van der Waals surface area contributed by atoms with Gasteiger partial charge in [-0.15, -0.1) is 0 Å². The molecule has 0 aliphatic rings. The Hall–Kier alpha value is -0.505. The Kier molecular flexibility index (Phi) is 4.85. The molecule has 0 fully saturated rings. The van der Waals surface area contributed by atoms with Gasteiger partial charge in [0, 0.05) is 18.9 Å². The Balaban J connectivity index is 4.59. The van der Waals surface area contributed by atoms with Crippen molar-refractivity contribution in [3.63, 3.8) is 0 Å². The fourth-order valence-corrected chi connectivity index (χ4v) is 1.22. The summed E-state index contributed by atoms with van der Waals surface area (Å²) in [5, 5.41) is 0. The highest BCUT2D eigenvalue weighted by molar-refractivity contribution is 5.98. The Bertz CT molecular complexity index is 218. The molecule has 0 saturated heterocycles. The van der Waals surface area contributed by atoms with Crippen LogP contribution in [0.25, 0.3) is 0 Å². The first kappa shape index (κ1) is 14.5. The van der Waals surface area contributed by atoms with E-state index in [2.05, 4.69) is 0 Å². The Labute approximate surface area is 94.0 Å². The van der Waals surface area contributed by atoms with Crippen molar-refractivity contribution in [3.8, 4) is 0 Å². The molecule has 0 aliphatic heterocycles. The Morgan fingerprint density at radius 3 is 2.00 bits per heavy atom. The zero-order valence-electron chi connectivity index (χ0n) is 10.6. The van der Waals surface area contributed by atoms with E-state index in [1.165, 1.54) is 6.92 Å². The van der Waals surface area contributed by atoms with Gasteiger partial charge in [-0.1, -0.05) is 20.8 Å². The van der Waals surface area contributed by atoms with Crippen molar-refractivity contribution in [2.24, 2.45) is 5.41 Å². The summed E-state index contributed by atoms with van der Waals surface area (Å²) < 4.78 is 10.1. The lowest BCUT2D eigenvalue weighted by Gasteiger charge is -2.36. The first-order chi connectivity index (χ1) is 6.58. The maximum absolute atomic E-state index is 11.0. The van der Waals surface area contributed by atoms with Crippen molar-refractivity contribution in [1.82, 2.24) is 0 Å². The highest BCUT2D eigenvalue weighted by Gasteiger charge is 2.33. The van der Waals surface area contributed by atoms with Crippen molar-refractivity contribution in [2.45, 2.75) is 59.7 Å². The monoisotopic (exact) mass is 212 g/mol. The van der Waals surface area contributed by atoms with Crippen LogP contribution in [0.15, 0.2) is 0 Å². The lowest BCUT2D eigenvalue weighted by atomic mass is 9.82. The van der Waals surface area contributed by atoms with Gasteiger partial charge >= 0.3 is 5.97 Å². The van der Waals surface area contributed by atoms with E-state index in [4.69, 9.17) is 17.4 Å². The maximum atomic E-state index is 11.0. The van der Waals surface area contributed by atoms with Gasteiger partial charge in [-0.2, -0.15) is 0 Å². The van der Waals surface area contributed by atoms with E-state index < -0.39 is 5.60 Å². The topological polar surface area (TPSA) is 35.5 Å². The third-order valence-electron chi connectivity index (χ3n) is 2.27. The summed E-state index contributed by atoms with van der Waals surface area (Å²) in [6.07, 6.45) is 0.376. The number of carbonyl (C=O) groups is 1. The van der Waals surface area contributed by atoms with Gasteiger partial charge in [0.1, 0.15) is 6.10 Å². The molecule has 1 unspecified atom stereocenters. The molecule has 0 aromatic heterocycles. The second-order valence-corrected chi connectivity index (χ2v) is 5.55. The number of hydrogen-bond acceptors (Lipinski definition) is 3. The van der Waals surface area contributed by atoms with Crippen molar-refractivity contribution in [3.05, 3.63) is 0 Å². The van der Waals surface area contributed by atoms with Gasteiger partial charge in [0.05, 0.1) is 0 Å². The summed E-state index contributed by atoms with van der Waals surface area (Å²) in [6.45, 7) is 11.2. The molecule has 0 heterocycles. The number of ether oxygens (including phenoxy) is 1. The SMILES string of the molecule is [B]OC(C)(C)CC(OC(C)=O)C(C)(C)C. The second-order valence-electron chi connectivity index (χ2n) is 5.55. The Morgan fingerprint density at radius 2 is 1.73 bits per heavy atom. The molecule has 15 heavy (non-hydrogen) atoms. The fourth-order valence-electron chi connectivity index (χ4n) is 1.22. The number of hydrogen-bond donors (Lipinski definition) is 0. The van der Waals surface area contributed by atoms with Crippen LogP contribution in [-0.4, -0.2) is 25.7 Å². The van der Waals surface area contributed by atoms with E-state index in [9.17, 15) is 4.79 Å². The van der Waals surface area contributed by atoms with E-state index in [0.29, 0.717) is 6.42 Å². The average Bonchev–Trinajstić information content (AvgIpc) is 2.00. The van der Waals surface area contributed by atoms with E-state index in [1.54, 1.807) is 0 Å². The van der Waals surface area contributed by atoms with Gasteiger partial charge < -0.3 is 9.39 Å². The van der Waals surface area contributed by atoms with Crippen LogP contribution in [-0.2, 0) is 14.2 Å². The molecule has 4 heteroatoms. The Morgan fingerprint density at radius 1 is 1.27 bits per heavy atom. The van der Waals surface area contributed by atoms with Crippen LogP contribution in [0.5, 0.6) is 0 Å². The minimum atomic E-state index is -0.493. The zero-order chi connectivity index (χ0) is 12.3. The van der Waals surface area contributed by atoms with Crippen LogP contribution in [0.1, 0.15) is 48.0 Å². The number of esters is 1. The van der Waals surface area contributed by atoms with Crippen LogP contribution in [0.3, 0.4) is 0 Å². The molecule has 2 radical (unpaired) electrons. The highest BCUT2D eigenvalue weighted by atomic mass is 16.5. The summed E-state index contributed by atoms with van der Waals surface area (Å²) in [6, 6.07) is 0. The predicted molar refractivity (Wildman–Crippen MR) is 60.5 cm³/mol. The van der Waals surface area contributed by atoms with Gasteiger partial charge in [-0.05, 0) is 19.3 Å². The van der Waals surface area contributed by atoms with Crippen LogP contribution >= 0.6 is 0 Å². The first-order valence-corrected chi connectivity index (χ1v) is 5.13. The van der Waals surface area contributed by atoms with Crippen molar-refractivity contribution in [2.75, 3.05) is 0 Å².